The molecule has 1 unspecified atom stereocenters. The van der Waals surface area contributed by atoms with Crippen molar-refractivity contribution in [1.29, 1.82) is 0 Å². The summed E-state index contributed by atoms with van der Waals surface area (Å²) in [5.41, 5.74) is 1.12. The first-order valence-electron chi connectivity index (χ1n) is 6.76. The molecule has 0 radical (unpaired) electrons. The third kappa shape index (κ3) is 6.75. The Morgan fingerprint density at radius 1 is 1.26 bits per heavy atom. The molecule has 1 rings (SSSR count). The van der Waals surface area contributed by atoms with Gasteiger partial charge in [0.1, 0.15) is 0 Å². The minimum absolute atomic E-state index is 0.231. The fraction of sp³-hybridized carbons (Fsp3) is 0.600. The fourth-order valence-corrected chi connectivity index (χ4v) is 2.57. The summed E-state index contributed by atoms with van der Waals surface area (Å²) < 4.78 is 6.58. The Labute approximate surface area is 130 Å². The molecule has 0 heterocycles. The van der Waals surface area contributed by atoms with E-state index in [0.29, 0.717) is 5.92 Å². The minimum Gasteiger partial charge on any atom is -0.380 e. The quantitative estimate of drug-likeness (QED) is 0.680. The molecule has 0 aliphatic rings. The Balaban J connectivity index is 2.25. The maximum Gasteiger partial charge on any atom is 0.0591 e. The van der Waals surface area contributed by atoms with E-state index in [0.717, 1.165) is 41.2 Å². The third-order valence-electron chi connectivity index (χ3n) is 2.97. The molecule has 0 spiro atoms. The predicted octanol–water partition coefficient (Wildman–Crippen LogP) is 4.82. The van der Waals surface area contributed by atoms with Crippen LogP contribution in [-0.2, 0) is 4.74 Å². The Morgan fingerprint density at radius 3 is 2.63 bits per heavy atom. The lowest BCUT2D eigenvalue weighted by Crippen LogP contribution is -2.23. The minimum atomic E-state index is 0.231. The summed E-state index contributed by atoms with van der Waals surface area (Å²) in [5.74, 6) is 0.702. The van der Waals surface area contributed by atoms with Gasteiger partial charge in [-0.05, 0) is 37.0 Å². The molecule has 0 saturated heterocycles. The van der Waals surface area contributed by atoms with Crippen LogP contribution in [0.3, 0.4) is 0 Å². The van der Waals surface area contributed by atoms with Gasteiger partial charge in [-0.2, -0.15) is 0 Å². The molecule has 0 amide bonds. The standard InChI is InChI=1S/C15H23BrClNO/c1-11(2)6-8-19-9-7-18-12(3)14-5-4-13(16)10-15(14)17/h4-5,10-12,18H,6-9H2,1-3H3. The largest absolute Gasteiger partial charge is 0.380 e. The molecule has 0 aliphatic carbocycles. The predicted molar refractivity (Wildman–Crippen MR) is 85.8 cm³/mol. The first kappa shape index (κ1) is 17.0. The van der Waals surface area contributed by atoms with Gasteiger partial charge in [0.25, 0.3) is 0 Å². The lowest BCUT2D eigenvalue weighted by Gasteiger charge is -2.16. The molecule has 19 heavy (non-hydrogen) atoms. The Bertz CT molecular complexity index is 384. The normalized spacial score (nSPS) is 12.9. The lowest BCUT2D eigenvalue weighted by molar-refractivity contribution is 0.123. The van der Waals surface area contributed by atoms with Crippen LogP contribution in [0.4, 0.5) is 0 Å². The summed E-state index contributed by atoms with van der Waals surface area (Å²) in [4.78, 5) is 0. The molecule has 1 aromatic carbocycles. The lowest BCUT2D eigenvalue weighted by atomic mass is 10.1. The van der Waals surface area contributed by atoms with Crippen LogP contribution < -0.4 is 5.32 Å². The smallest absolute Gasteiger partial charge is 0.0591 e. The van der Waals surface area contributed by atoms with E-state index in [-0.39, 0.29) is 6.04 Å². The Morgan fingerprint density at radius 2 is 2.00 bits per heavy atom. The summed E-state index contributed by atoms with van der Waals surface area (Å²) >= 11 is 9.63. The summed E-state index contributed by atoms with van der Waals surface area (Å²) in [6, 6.07) is 6.21. The number of hydrogen-bond acceptors (Lipinski definition) is 2. The van der Waals surface area contributed by atoms with Crippen LogP contribution in [0.25, 0.3) is 0 Å². The second kappa shape index (κ2) is 8.96. The summed E-state index contributed by atoms with van der Waals surface area (Å²) in [5, 5.41) is 4.21. The Kier molecular flexibility index (Phi) is 8.00. The van der Waals surface area contributed by atoms with Gasteiger partial charge in [-0.1, -0.05) is 47.4 Å². The van der Waals surface area contributed by atoms with Crippen molar-refractivity contribution in [3.63, 3.8) is 0 Å². The molecule has 0 saturated carbocycles. The van der Waals surface area contributed by atoms with Crippen molar-refractivity contribution >= 4 is 27.5 Å². The zero-order chi connectivity index (χ0) is 14.3. The first-order valence-corrected chi connectivity index (χ1v) is 7.94. The van der Waals surface area contributed by atoms with Crippen molar-refractivity contribution in [2.24, 2.45) is 5.92 Å². The SMILES string of the molecule is CC(C)CCOCCNC(C)c1ccc(Br)cc1Cl. The van der Waals surface area contributed by atoms with Gasteiger partial charge in [-0.15, -0.1) is 0 Å². The van der Waals surface area contributed by atoms with E-state index in [2.05, 4.69) is 42.0 Å². The Hall–Kier alpha value is -0.0900. The molecule has 1 N–H and O–H groups in total. The molecule has 0 aliphatic heterocycles. The van der Waals surface area contributed by atoms with E-state index in [9.17, 15) is 0 Å². The fourth-order valence-electron chi connectivity index (χ4n) is 1.73. The van der Waals surface area contributed by atoms with Gasteiger partial charge in [-0.25, -0.2) is 0 Å². The van der Waals surface area contributed by atoms with E-state index in [4.69, 9.17) is 16.3 Å². The molecule has 0 aromatic heterocycles. The van der Waals surface area contributed by atoms with Gasteiger partial charge in [0.2, 0.25) is 0 Å². The molecule has 1 aromatic rings. The molecule has 0 fully saturated rings. The highest BCUT2D eigenvalue weighted by atomic mass is 79.9. The number of hydrogen-bond donors (Lipinski definition) is 1. The van der Waals surface area contributed by atoms with Crippen LogP contribution in [0.1, 0.15) is 38.8 Å². The van der Waals surface area contributed by atoms with Crippen molar-refractivity contribution in [1.82, 2.24) is 5.32 Å². The highest BCUT2D eigenvalue weighted by Gasteiger charge is 2.08. The molecule has 0 bridgehead atoms. The highest BCUT2D eigenvalue weighted by molar-refractivity contribution is 9.10. The molecule has 2 nitrogen and oxygen atoms in total. The molecule has 108 valence electrons. The van der Waals surface area contributed by atoms with Crippen LogP contribution >= 0.6 is 27.5 Å². The van der Waals surface area contributed by atoms with Gasteiger partial charge >= 0.3 is 0 Å². The van der Waals surface area contributed by atoms with Crippen molar-refractivity contribution < 1.29 is 4.74 Å². The van der Waals surface area contributed by atoms with Gasteiger partial charge in [0, 0.05) is 28.7 Å². The number of benzene rings is 1. The van der Waals surface area contributed by atoms with Crippen molar-refractivity contribution in [2.45, 2.75) is 33.2 Å². The van der Waals surface area contributed by atoms with Gasteiger partial charge < -0.3 is 10.1 Å². The summed E-state index contributed by atoms with van der Waals surface area (Å²) in [6.07, 6.45) is 1.12. The number of halogens is 2. The topological polar surface area (TPSA) is 21.3 Å². The number of rotatable bonds is 8. The van der Waals surface area contributed by atoms with E-state index in [1.54, 1.807) is 0 Å². The summed E-state index contributed by atoms with van der Waals surface area (Å²) in [7, 11) is 0. The van der Waals surface area contributed by atoms with Crippen LogP contribution in [0.5, 0.6) is 0 Å². The van der Waals surface area contributed by atoms with Gasteiger partial charge in [-0.3, -0.25) is 0 Å². The average molecular weight is 349 g/mol. The maximum absolute atomic E-state index is 6.22. The van der Waals surface area contributed by atoms with Crippen molar-refractivity contribution in [3.05, 3.63) is 33.3 Å². The molecular weight excluding hydrogens is 326 g/mol. The zero-order valence-corrected chi connectivity index (χ0v) is 14.2. The maximum atomic E-state index is 6.22. The van der Waals surface area contributed by atoms with E-state index >= 15 is 0 Å². The molecule has 4 heteroatoms. The van der Waals surface area contributed by atoms with Crippen molar-refractivity contribution in [2.75, 3.05) is 19.8 Å². The highest BCUT2D eigenvalue weighted by Crippen LogP contribution is 2.26. The van der Waals surface area contributed by atoms with Crippen molar-refractivity contribution in [3.8, 4) is 0 Å². The number of nitrogens with one attached hydrogen (secondary N) is 1. The zero-order valence-electron chi connectivity index (χ0n) is 11.9. The van der Waals surface area contributed by atoms with Gasteiger partial charge in [0.05, 0.1) is 6.61 Å². The van der Waals surface area contributed by atoms with Crippen LogP contribution in [0.2, 0.25) is 5.02 Å². The van der Waals surface area contributed by atoms with Crippen LogP contribution in [0.15, 0.2) is 22.7 Å². The van der Waals surface area contributed by atoms with Crippen LogP contribution in [0, 0.1) is 5.92 Å². The van der Waals surface area contributed by atoms with Gasteiger partial charge in [0.15, 0.2) is 0 Å². The van der Waals surface area contributed by atoms with E-state index in [1.807, 2.05) is 18.2 Å². The van der Waals surface area contributed by atoms with E-state index < -0.39 is 0 Å². The molecular formula is C15H23BrClNO. The van der Waals surface area contributed by atoms with E-state index in [1.165, 1.54) is 0 Å². The second-order valence-corrected chi connectivity index (χ2v) is 6.46. The second-order valence-electron chi connectivity index (χ2n) is 5.14. The third-order valence-corrected chi connectivity index (χ3v) is 3.79. The first-order chi connectivity index (χ1) is 9.00. The number of ether oxygens (including phenoxy) is 1. The van der Waals surface area contributed by atoms with Crippen LogP contribution in [-0.4, -0.2) is 19.8 Å². The molecule has 1 atom stereocenters. The monoisotopic (exact) mass is 347 g/mol. The average Bonchev–Trinajstić information content (AvgIpc) is 2.32. The summed E-state index contributed by atoms with van der Waals surface area (Å²) in [6.45, 7) is 8.95.